The lowest BCUT2D eigenvalue weighted by Crippen LogP contribution is -2.28. The Kier molecular flexibility index (Phi) is 5.41. The lowest BCUT2D eigenvalue weighted by Gasteiger charge is -2.09. The molecule has 0 aliphatic rings. The highest BCUT2D eigenvalue weighted by Crippen LogP contribution is 2.09. The number of thiol groups is 2. The fraction of sp³-hybridized carbons (Fsp3) is 0.667. The minimum absolute atomic E-state index is 0.160. The van der Waals surface area contributed by atoms with Crippen LogP contribution in [-0.2, 0) is 4.79 Å². The maximum absolute atomic E-state index is 10.9. The van der Waals surface area contributed by atoms with Crippen molar-refractivity contribution in [1.29, 1.82) is 0 Å². The van der Waals surface area contributed by atoms with E-state index in [1.165, 1.54) is 0 Å². The number of rotatable bonds is 4. The topological polar surface area (TPSA) is 41.5 Å². The van der Waals surface area contributed by atoms with Crippen molar-refractivity contribution in [3.8, 4) is 0 Å². The largest absolute Gasteiger partial charge is 0.272 e. The molecule has 3 nitrogen and oxygen atoms in total. The van der Waals surface area contributed by atoms with Gasteiger partial charge in [-0.3, -0.25) is 4.79 Å². The number of nitrogens with zero attached hydrogens (tertiary/aromatic N) is 1. The third kappa shape index (κ3) is 5.15. The van der Waals surface area contributed by atoms with E-state index in [9.17, 15) is 4.79 Å². The van der Waals surface area contributed by atoms with Gasteiger partial charge in [-0.1, -0.05) is 6.92 Å². The van der Waals surface area contributed by atoms with E-state index in [1.54, 1.807) is 0 Å². The highest BCUT2D eigenvalue weighted by molar-refractivity contribution is 7.82. The summed E-state index contributed by atoms with van der Waals surface area (Å²) in [7, 11) is 0. The monoisotopic (exact) mass is 192 g/mol. The van der Waals surface area contributed by atoms with Gasteiger partial charge in [0.1, 0.15) is 0 Å². The molecule has 0 aromatic rings. The summed E-state index contributed by atoms with van der Waals surface area (Å²) in [5, 5.41) is 3.05. The summed E-state index contributed by atoms with van der Waals surface area (Å²) < 4.78 is 0. The van der Waals surface area contributed by atoms with Gasteiger partial charge in [0.05, 0.1) is 5.25 Å². The zero-order valence-corrected chi connectivity index (χ0v) is 8.11. The van der Waals surface area contributed by atoms with E-state index in [4.69, 9.17) is 0 Å². The molecule has 0 spiro atoms. The predicted octanol–water partition coefficient (Wildman–Crippen LogP) is 0.725. The standard InChI is InChI=1S/C6H12N2OS2/c1-4(10)3-5(11)6(9)8-7-2/h4-5,10-11H,2-3H2,1H3,(H,8,9). The van der Waals surface area contributed by atoms with Crippen LogP contribution in [0.3, 0.4) is 0 Å². The lowest BCUT2D eigenvalue weighted by atomic mass is 10.2. The summed E-state index contributed by atoms with van der Waals surface area (Å²) in [6.07, 6.45) is 0.619. The molecule has 0 saturated heterocycles. The first-order valence-corrected chi connectivity index (χ1v) is 4.23. The molecule has 1 amide bonds. The maximum Gasteiger partial charge on any atom is 0.252 e. The Morgan fingerprint density at radius 1 is 1.73 bits per heavy atom. The summed E-state index contributed by atoms with van der Waals surface area (Å²) >= 11 is 8.17. The molecule has 1 N–H and O–H groups in total. The first-order valence-electron chi connectivity index (χ1n) is 3.19. The van der Waals surface area contributed by atoms with Gasteiger partial charge in [0.15, 0.2) is 0 Å². The summed E-state index contributed by atoms with van der Waals surface area (Å²) in [5.74, 6) is -0.232. The number of hydrazone groups is 1. The Balaban J connectivity index is 3.72. The fourth-order valence-electron chi connectivity index (χ4n) is 0.583. The van der Waals surface area contributed by atoms with Gasteiger partial charge in [-0.05, 0) is 6.42 Å². The molecule has 0 aromatic heterocycles. The minimum atomic E-state index is -0.354. The van der Waals surface area contributed by atoms with E-state index in [0.29, 0.717) is 6.42 Å². The molecule has 0 aliphatic carbocycles. The fourth-order valence-corrected chi connectivity index (χ4v) is 1.33. The number of amides is 1. The zero-order chi connectivity index (χ0) is 8.85. The average molecular weight is 192 g/mol. The van der Waals surface area contributed by atoms with Crippen molar-refractivity contribution >= 4 is 37.9 Å². The number of carbonyl (C=O) groups is 1. The Labute approximate surface area is 77.5 Å². The minimum Gasteiger partial charge on any atom is -0.272 e. The summed E-state index contributed by atoms with van der Waals surface area (Å²) in [5.41, 5.74) is 2.22. The van der Waals surface area contributed by atoms with E-state index < -0.39 is 0 Å². The van der Waals surface area contributed by atoms with Crippen LogP contribution in [0, 0.1) is 0 Å². The van der Waals surface area contributed by atoms with Crippen LogP contribution in [-0.4, -0.2) is 23.1 Å². The van der Waals surface area contributed by atoms with Crippen LogP contribution in [0.5, 0.6) is 0 Å². The van der Waals surface area contributed by atoms with Gasteiger partial charge < -0.3 is 0 Å². The van der Waals surface area contributed by atoms with E-state index in [2.05, 4.69) is 42.5 Å². The van der Waals surface area contributed by atoms with Crippen molar-refractivity contribution in [2.75, 3.05) is 0 Å². The third-order valence-corrected chi connectivity index (χ3v) is 1.71. The molecule has 0 saturated carbocycles. The van der Waals surface area contributed by atoms with Crippen molar-refractivity contribution in [3.05, 3.63) is 0 Å². The smallest absolute Gasteiger partial charge is 0.252 e. The third-order valence-electron chi connectivity index (χ3n) is 1.06. The van der Waals surface area contributed by atoms with Crippen LogP contribution in [0.15, 0.2) is 5.10 Å². The molecular formula is C6H12N2OS2. The molecule has 2 atom stereocenters. The molecule has 0 aliphatic heterocycles. The SMILES string of the molecule is C=NNC(=O)C(S)CC(C)S. The molecule has 0 aromatic carbocycles. The number of hydrogen-bond donors (Lipinski definition) is 3. The predicted molar refractivity (Wildman–Crippen MR) is 53.5 cm³/mol. The molecule has 0 heterocycles. The van der Waals surface area contributed by atoms with Crippen LogP contribution in [0.4, 0.5) is 0 Å². The molecule has 0 bridgehead atoms. The molecule has 2 unspecified atom stereocenters. The van der Waals surface area contributed by atoms with Gasteiger partial charge in [0, 0.05) is 12.0 Å². The van der Waals surface area contributed by atoms with Gasteiger partial charge in [0.2, 0.25) is 0 Å². The molecule has 11 heavy (non-hydrogen) atoms. The highest BCUT2D eigenvalue weighted by Gasteiger charge is 2.14. The van der Waals surface area contributed by atoms with E-state index >= 15 is 0 Å². The molecule has 64 valence electrons. The Morgan fingerprint density at radius 3 is 2.64 bits per heavy atom. The van der Waals surface area contributed by atoms with Crippen LogP contribution >= 0.6 is 25.3 Å². The highest BCUT2D eigenvalue weighted by atomic mass is 32.1. The summed E-state index contributed by atoms with van der Waals surface area (Å²) in [4.78, 5) is 10.9. The molecule has 5 heteroatoms. The van der Waals surface area contributed by atoms with Crippen LogP contribution in [0.25, 0.3) is 0 Å². The number of nitrogens with one attached hydrogen (secondary N) is 1. The Hall–Kier alpha value is -0.160. The van der Waals surface area contributed by atoms with Gasteiger partial charge >= 0.3 is 0 Å². The number of carbonyl (C=O) groups excluding carboxylic acids is 1. The molecule has 0 radical (unpaired) electrons. The second-order valence-corrected chi connectivity index (χ2v) is 3.74. The van der Waals surface area contributed by atoms with Gasteiger partial charge in [-0.2, -0.15) is 30.4 Å². The first-order chi connectivity index (χ1) is 5.07. The summed E-state index contributed by atoms with van der Waals surface area (Å²) in [6.45, 7) is 5.03. The van der Waals surface area contributed by atoms with Crippen LogP contribution in [0.1, 0.15) is 13.3 Å². The van der Waals surface area contributed by atoms with Crippen LogP contribution in [0.2, 0.25) is 0 Å². The molecule has 0 rings (SSSR count). The quantitative estimate of drug-likeness (QED) is 0.343. The lowest BCUT2D eigenvalue weighted by molar-refractivity contribution is -0.120. The number of hydrogen-bond acceptors (Lipinski definition) is 4. The normalized spacial score (nSPS) is 15.2. The first kappa shape index (κ1) is 10.8. The van der Waals surface area contributed by atoms with Crippen molar-refractivity contribution in [3.63, 3.8) is 0 Å². The molecular weight excluding hydrogens is 180 g/mol. The van der Waals surface area contributed by atoms with Gasteiger partial charge in [-0.15, -0.1) is 0 Å². The van der Waals surface area contributed by atoms with E-state index in [1.807, 2.05) is 6.92 Å². The van der Waals surface area contributed by atoms with Crippen LogP contribution < -0.4 is 5.43 Å². The Bertz CT molecular complexity index is 150. The summed E-state index contributed by atoms with van der Waals surface area (Å²) in [6, 6.07) is 0. The zero-order valence-electron chi connectivity index (χ0n) is 6.32. The molecule has 0 fully saturated rings. The van der Waals surface area contributed by atoms with Crippen molar-refractivity contribution in [2.45, 2.75) is 23.8 Å². The second-order valence-electron chi connectivity index (χ2n) is 2.23. The van der Waals surface area contributed by atoms with Crippen molar-refractivity contribution < 1.29 is 4.79 Å². The second kappa shape index (κ2) is 5.49. The average Bonchev–Trinajstić information content (AvgIpc) is 1.86. The van der Waals surface area contributed by atoms with Gasteiger partial charge in [0.25, 0.3) is 5.91 Å². The van der Waals surface area contributed by atoms with Gasteiger partial charge in [-0.25, -0.2) is 5.43 Å². The van der Waals surface area contributed by atoms with Crippen molar-refractivity contribution in [1.82, 2.24) is 5.43 Å². The maximum atomic E-state index is 10.9. The van der Waals surface area contributed by atoms with Crippen molar-refractivity contribution in [2.24, 2.45) is 5.10 Å². The Morgan fingerprint density at radius 2 is 2.27 bits per heavy atom. The van der Waals surface area contributed by atoms with E-state index in [-0.39, 0.29) is 16.4 Å². The van der Waals surface area contributed by atoms with E-state index in [0.717, 1.165) is 0 Å².